The molecule has 0 bridgehead atoms. The second-order valence-corrected chi connectivity index (χ2v) is 5.13. The molecule has 0 aliphatic rings. The van der Waals surface area contributed by atoms with Crippen LogP contribution in [-0.4, -0.2) is 22.9 Å². The first kappa shape index (κ1) is 18.2. The molecule has 130 valence electrons. The molecule has 2 aromatic rings. The van der Waals surface area contributed by atoms with Crippen LogP contribution in [0.5, 0.6) is 0 Å². The topological polar surface area (TPSA) is 155 Å². The first-order chi connectivity index (χ1) is 12.4. The normalized spacial score (nSPS) is 10.1. The standard InChI is InChI=1S/C18H15N5O3/c19-10-13-9-15(6-4-11(13)5-7-16(24)25)22-17(26)12-2-1-3-14(8-12)23-18(20)21/h1-9H,(H,22,26)(H,24,25)(H4,20,21,23). The number of rotatable bonds is 5. The van der Waals surface area contributed by atoms with Crippen LogP contribution >= 0.6 is 0 Å². The van der Waals surface area contributed by atoms with E-state index in [4.69, 9.17) is 16.6 Å². The Bertz CT molecular complexity index is 954. The van der Waals surface area contributed by atoms with Gasteiger partial charge in [0.2, 0.25) is 0 Å². The number of carboxylic acid groups (broad SMARTS) is 1. The number of carbonyl (C=O) groups excluding carboxylic acids is 1. The van der Waals surface area contributed by atoms with Crippen LogP contribution < -0.4 is 16.8 Å². The van der Waals surface area contributed by atoms with Crippen LogP contribution in [0.2, 0.25) is 0 Å². The third-order valence-corrected chi connectivity index (χ3v) is 3.20. The van der Waals surface area contributed by atoms with Gasteiger partial charge in [0.1, 0.15) is 0 Å². The van der Waals surface area contributed by atoms with Gasteiger partial charge in [0, 0.05) is 17.3 Å². The molecule has 2 aromatic carbocycles. The number of carboxylic acids is 1. The maximum Gasteiger partial charge on any atom is 0.328 e. The van der Waals surface area contributed by atoms with Crippen molar-refractivity contribution in [2.24, 2.45) is 16.5 Å². The van der Waals surface area contributed by atoms with E-state index in [1.54, 1.807) is 30.3 Å². The van der Waals surface area contributed by atoms with Crippen LogP contribution in [-0.2, 0) is 4.79 Å². The third-order valence-electron chi connectivity index (χ3n) is 3.20. The summed E-state index contributed by atoms with van der Waals surface area (Å²) in [5, 5.41) is 20.5. The van der Waals surface area contributed by atoms with E-state index in [-0.39, 0.29) is 11.5 Å². The van der Waals surface area contributed by atoms with Crippen molar-refractivity contribution in [3.8, 4) is 6.07 Å². The van der Waals surface area contributed by atoms with Crippen molar-refractivity contribution in [1.82, 2.24) is 0 Å². The van der Waals surface area contributed by atoms with Crippen LogP contribution in [0.3, 0.4) is 0 Å². The predicted molar refractivity (Wildman–Crippen MR) is 97.7 cm³/mol. The average molecular weight is 349 g/mol. The van der Waals surface area contributed by atoms with Crippen LogP contribution in [0.15, 0.2) is 53.5 Å². The van der Waals surface area contributed by atoms with E-state index >= 15 is 0 Å². The summed E-state index contributed by atoms with van der Waals surface area (Å²) in [5.74, 6) is -1.64. The largest absolute Gasteiger partial charge is 0.478 e. The van der Waals surface area contributed by atoms with Gasteiger partial charge in [-0.25, -0.2) is 9.79 Å². The molecule has 0 saturated heterocycles. The number of aliphatic carboxylic acids is 1. The molecule has 1 amide bonds. The van der Waals surface area contributed by atoms with E-state index in [1.165, 1.54) is 18.2 Å². The number of nitriles is 1. The molecule has 0 atom stereocenters. The van der Waals surface area contributed by atoms with Crippen molar-refractivity contribution < 1.29 is 14.7 Å². The number of hydrogen-bond donors (Lipinski definition) is 4. The van der Waals surface area contributed by atoms with Gasteiger partial charge in [0.05, 0.1) is 17.3 Å². The van der Waals surface area contributed by atoms with Gasteiger partial charge >= 0.3 is 5.97 Å². The van der Waals surface area contributed by atoms with Crippen molar-refractivity contribution >= 4 is 35.3 Å². The van der Waals surface area contributed by atoms with Gasteiger partial charge in [-0.1, -0.05) is 12.1 Å². The molecule has 8 nitrogen and oxygen atoms in total. The number of hydrogen-bond acceptors (Lipinski definition) is 4. The number of aliphatic imine (C=N–C) groups is 1. The summed E-state index contributed by atoms with van der Waals surface area (Å²) in [5.41, 5.74) is 12.5. The third kappa shape index (κ3) is 4.94. The lowest BCUT2D eigenvalue weighted by atomic mass is 10.1. The Labute approximate surface area is 149 Å². The van der Waals surface area contributed by atoms with Crippen molar-refractivity contribution in [2.75, 3.05) is 5.32 Å². The molecule has 0 saturated carbocycles. The quantitative estimate of drug-likeness (QED) is 0.366. The van der Waals surface area contributed by atoms with Crippen LogP contribution in [0.1, 0.15) is 21.5 Å². The minimum atomic E-state index is -1.12. The molecule has 0 fully saturated rings. The molecule has 8 heteroatoms. The van der Waals surface area contributed by atoms with Gasteiger partial charge in [-0.2, -0.15) is 5.26 Å². The van der Waals surface area contributed by atoms with Gasteiger partial charge in [-0.3, -0.25) is 4.79 Å². The SMILES string of the molecule is N#Cc1cc(NC(=O)c2cccc(N=C(N)N)c2)ccc1C=CC(=O)O. The van der Waals surface area contributed by atoms with E-state index in [0.717, 1.165) is 6.08 Å². The maximum absolute atomic E-state index is 12.4. The Morgan fingerprint density at radius 1 is 1.19 bits per heavy atom. The smallest absolute Gasteiger partial charge is 0.328 e. The summed E-state index contributed by atoms with van der Waals surface area (Å²) >= 11 is 0. The summed E-state index contributed by atoms with van der Waals surface area (Å²) in [6.07, 6.45) is 2.24. The fourth-order valence-corrected chi connectivity index (χ4v) is 2.11. The summed E-state index contributed by atoms with van der Waals surface area (Å²) in [4.78, 5) is 26.8. The predicted octanol–water partition coefficient (Wildman–Crippen LogP) is 1.81. The van der Waals surface area contributed by atoms with Crippen molar-refractivity contribution in [3.63, 3.8) is 0 Å². The number of nitrogens with two attached hydrogens (primary N) is 2. The molecule has 0 aliphatic heterocycles. The zero-order valence-electron chi connectivity index (χ0n) is 13.5. The van der Waals surface area contributed by atoms with E-state index in [2.05, 4.69) is 10.3 Å². The number of guanidine groups is 1. The number of benzene rings is 2. The first-order valence-corrected chi connectivity index (χ1v) is 7.35. The summed E-state index contributed by atoms with van der Waals surface area (Å²) in [6.45, 7) is 0. The first-order valence-electron chi connectivity index (χ1n) is 7.35. The van der Waals surface area contributed by atoms with Crippen LogP contribution in [0.25, 0.3) is 6.08 Å². The lowest BCUT2D eigenvalue weighted by molar-refractivity contribution is -0.131. The second kappa shape index (κ2) is 8.12. The monoisotopic (exact) mass is 349 g/mol. The van der Waals surface area contributed by atoms with Gasteiger partial charge in [0.25, 0.3) is 5.91 Å². The van der Waals surface area contributed by atoms with Crippen molar-refractivity contribution in [1.29, 1.82) is 5.26 Å². The molecule has 0 unspecified atom stereocenters. The fraction of sp³-hybridized carbons (Fsp3) is 0. The molecular formula is C18H15N5O3. The lowest BCUT2D eigenvalue weighted by Gasteiger charge is -2.07. The highest BCUT2D eigenvalue weighted by Crippen LogP contribution is 2.19. The number of carbonyl (C=O) groups is 2. The number of nitrogens with one attached hydrogen (secondary N) is 1. The zero-order valence-corrected chi connectivity index (χ0v) is 13.5. The lowest BCUT2D eigenvalue weighted by Crippen LogP contribution is -2.21. The molecule has 6 N–H and O–H groups in total. The Kier molecular flexibility index (Phi) is 5.69. The maximum atomic E-state index is 12.4. The van der Waals surface area contributed by atoms with Crippen molar-refractivity contribution in [2.45, 2.75) is 0 Å². The van der Waals surface area contributed by atoms with Crippen molar-refractivity contribution in [3.05, 3.63) is 65.2 Å². The molecule has 0 radical (unpaired) electrons. The van der Waals surface area contributed by atoms with Gasteiger partial charge in [-0.05, 0) is 42.0 Å². The summed E-state index contributed by atoms with van der Waals surface area (Å²) in [6, 6.07) is 12.9. The highest BCUT2D eigenvalue weighted by Gasteiger charge is 2.09. The van der Waals surface area contributed by atoms with E-state index < -0.39 is 11.9 Å². The fourth-order valence-electron chi connectivity index (χ4n) is 2.11. The molecule has 0 heterocycles. The number of anilines is 1. The Balaban J connectivity index is 2.23. The molecule has 0 aliphatic carbocycles. The number of nitrogens with zero attached hydrogens (tertiary/aromatic N) is 2. The Hall–Kier alpha value is -4.12. The minimum Gasteiger partial charge on any atom is -0.478 e. The molecule has 26 heavy (non-hydrogen) atoms. The Morgan fingerprint density at radius 3 is 2.62 bits per heavy atom. The van der Waals surface area contributed by atoms with Gasteiger partial charge < -0.3 is 21.9 Å². The minimum absolute atomic E-state index is 0.119. The average Bonchev–Trinajstić information content (AvgIpc) is 2.60. The van der Waals surface area contributed by atoms with E-state index in [9.17, 15) is 14.9 Å². The van der Waals surface area contributed by atoms with E-state index in [0.29, 0.717) is 22.5 Å². The van der Waals surface area contributed by atoms with Crippen LogP contribution in [0, 0.1) is 11.3 Å². The molecular weight excluding hydrogens is 334 g/mol. The Morgan fingerprint density at radius 2 is 1.96 bits per heavy atom. The molecule has 2 rings (SSSR count). The van der Waals surface area contributed by atoms with E-state index in [1.807, 2.05) is 6.07 Å². The molecule has 0 aromatic heterocycles. The van der Waals surface area contributed by atoms with Gasteiger partial charge in [0.15, 0.2) is 5.96 Å². The van der Waals surface area contributed by atoms with Crippen LogP contribution in [0.4, 0.5) is 11.4 Å². The summed E-state index contributed by atoms with van der Waals surface area (Å²) < 4.78 is 0. The highest BCUT2D eigenvalue weighted by atomic mass is 16.4. The summed E-state index contributed by atoms with van der Waals surface area (Å²) in [7, 11) is 0. The number of amides is 1. The second-order valence-electron chi connectivity index (χ2n) is 5.13. The molecule has 0 spiro atoms. The van der Waals surface area contributed by atoms with Gasteiger partial charge in [-0.15, -0.1) is 0 Å². The zero-order chi connectivity index (χ0) is 19.1. The highest BCUT2D eigenvalue weighted by molar-refractivity contribution is 6.05.